The van der Waals surface area contributed by atoms with Crippen LogP contribution in [0.15, 0.2) is 18.2 Å². The number of benzene rings is 4. The van der Waals surface area contributed by atoms with Crippen LogP contribution in [0.2, 0.25) is 0 Å². The molecule has 7 aromatic rings. The van der Waals surface area contributed by atoms with Gasteiger partial charge in [0.25, 0.3) is 5.69 Å². The van der Waals surface area contributed by atoms with E-state index in [1.54, 1.807) is 0 Å². The summed E-state index contributed by atoms with van der Waals surface area (Å²) in [6.45, 7) is -37.6. The first-order valence-corrected chi connectivity index (χ1v) is 29.4. The number of halogens is 36. The third kappa shape index (κ3) is 23.6. The fourth-order valence-corrected chi connectivity index (χ4v) is 9.66. The molecular weight excluding hydrogens is 1770 g/mol. The molecular formula is C56H27F36N9O14Zn. The number of rotatable bonds is 25. The van der Waals surface area contributed by atoms with Crippen molar-refractivity contribution < 1.29 is 239 Å². The molecule has 0 unspecified atom stereocenters. The molecule has 2 aliphatic heterocycles. The second-order valence-corrected chi connectivity index (χ2v) is 22.5. The normalized spacial score (nSPS) is 13.4. The van der Waals surface area contributed by atoms with Crippen LogP contribution >= 0.6 is 0 Å². The zero-order chi connectivity index (χ0) is 86.1. The Morgan fingerprint density at radius 2 is 0.440 bits per heavy atom. The standard InChI is InChI=1S/C56H27F36N9O14.Zn/c57-45(58,59)4-104-25-19-21(27(106-6-47(63,64)65)33(112-12-53(81,82)83)31(25)110-10-51(75,76)77)41-96-39(19)94-37-17-2-1-16(101(102)103)3-18(17)38(93-37)95-40-20-22(28(107-7-48(66,67)68)34(113-13-54(84,85)86)32(111-11-52(78,79)80)26(20)105-5-46(60,61)62)42(97-40)99-44-24-23(43(98-41)100-44)29(108-8-49(69,70)71)35(114-14-55(87,88)89)36(115-15-56(90,91)92)30(24)109-9-50(72,73)74;/h1-3H,4-15H2;/q-2;+2. The molecule has 5 heterocycles. The summed E-state index contributed by atoms with van der Waals surface area (Å²) in [4.78, 5) is 40.5. The minimum atomic E-state index is -6.12. The van der Waals surface area contributed by atoms with E-state index in [4.69, 9.17) is 14.2 Å². The van der Waals surface area contributed by atoms with Crippen molar-refractivity contribution in [2.45, 2.75) is 74.1 Å². The van der Waals surface area contributed by atoms with Crippen molar-refractivity contribution in [3.63, 3.8) is 0 Å². The van der Waals surface area contributed by atoms with E-state index in [1.807, 2.05) is 0 Å². The summed E-state index contributed by atoms with van der Waals surface area (Å²) in [5, 5.41) is 5.60. The Kier molecular flexibility index (Phi) is 25.1. The summed E-state index contributed by atoms with van der Waals surface area (Å²) >= 11 is 0. The van der Waals surface area contributed by atoms with Gasteiger partial charge in [0.15, 0.2) is 114 Å². The topological polar surface area (TPSA) is 259 Å². The summed E-state index contributed by atoms with van der Waals surface area (Å²) in [5.74, 6) is -38.3. The van der Waals surface area contributed by atoms with Crippen LogP contribution in [0, 0.1) is 10.1 Å². The van der Waals surface area contributed by atoms with Gasteiger partial charge in [0, 0.05) is 50.9 Å². The van der Waals surface area contributed by atoms with Gasteiger partial charge in [0.2, 0.25) is 34.5 Å². The number of alkyl halides is 36. The third-order valence-corrected chi connectivity index (χ3v) is 13.3. The molecule has 0 fully saturated rings. The third-order valence-electron chi connectivity index (χ3n) is 13.3. The molecule has 2 aliphatic rings. The van der Waals surface area contributed by atoms with Crippen molar-refractivity contribution in [1.29, 1.82) is 0 Å². The fraction of sp³-hybridized carbons (Fsp3) is 0.429. The molecule has 60 heteroatoms. The van der Waals surface area contributed by atoms with E-state index in [2.05, 4.69) is 82.5 Å². The minimum Gasteiger partial charge on any atom is -0.479 e. The molecule has 116 heavy (non-hydrogen) atoms. The van der Waals surface area contributed by atoms with E-state index in [0.717, 1.165) is 0 Å². The average Bonchev–Trinajstić information content (AvgIpc) is 1.55. The summed E-state index contributed by atoms with van der Waals surface area (Å²) in [7, 11) is 0. The first kappa shape index (κ1) is 90.9. The zero-order valence-electron chi connectivity index (χ0n) is 54.8. The average molecular weight is 1800 g/mol. The van der Waals surface area contributed by atoms with Crippen molar-refractivity contribution >= 4 is 49.8 Å². The van der Waals surface area contributed by atoms with Gasteiger partial charge >= 0.3 is 93.6 Å². The second kappa shape index (κ2) is 32.1. The van der Waals surface area contributed by atoms with Crippen LogP contribution in [0.1, 0.15) is 0 Å². The largest absolute Gasteiger partial charge is 2.00 e. The van der Waals surface area contributed by atoms with Crippen LogP contribution in [-0.4, -0.2) is 188 Å². The molecule has 0 aliphatic carbocycles. The van der Waals surface area contributed by atoms with Crippen molar-refractivity contribution in [3.8, 4) is 115 Å². The van der Waals surface area contributed by atoms with Gasteiger partial charge in [-0.05, 0) is 11.5 Å². The number of hydrogen-bond acceptors (Lipinski definition) is 20. The number of hydrogen-bond donors (Lipinski definition) is 0. The Bertz CT molecular complexity index is 5010. The molecule has 0 atom stereocenters. The Morgan fingerprint density at radius 1 is 0.259 bits per heavy atom. The molecule has 0 saturated carbocycles. The number of aromatic nitrogens is 8. The molecule has 9 rings (SSSR count). The van der Waals surface area contributed by atoms with E-state index in [0.29, 0.717) is 12.1 Å². The Morgan fingerprint density at radius 3 is 0.655 bits per heavy atom. The predicted molar refractivity (Wildman–Crippen MR) is 299 cm³/mol. The Balaban J connectivity index is 0.0000168. The van der Waals surface area contributed by atoms with Gasteiger partial charge in [-0.2, -0.15) is 158 Å². The van der Waals surface area contributed by atoms with Gasteiger partial charge < -0.3 is 86.7 Å². The number of fused-ring (bicyclic) bond motifs is 20. The van der Waals surface area contributed by atoms with Gasteiger partial charge in [-0.15, -0.1) is 0 Å². The van der Waals surface area contributed by atoms with Crippen molar-refractivity contribution in [2.75, 3.05) is 79.3 Å². The first-order valence-electron chi connectivity index (χ1n) is 29.4. The monoisotopic (exact) mass is 1800 g/mol. The summed E-state index contributed by atoms with van der Waals surface area (Å²) in [6, 6.07) is 1.00. The van der Waals surface area contributed by atoms with E-state index in [9.17, 15) is 168 Å². The van der Waals surface area contributed by atoms with Crippen molar-refractivity contribution in [1.82, 2.24) is 39.9 Å². The maximum absolute atomic E-state index is 14.7. The smallest absolute Gasteiger partial charge is 0.479 e. The van der Waals surface area contributed by atoms with Crippen LogP contribution in [0.4, 0.5) is 164 Å². The molecule has 634 valence electrons. The maximum atomic E-state index is 14.7. The minimum absolute atomic E-state index is 0. The first-order chi connectivity index (χ1) is 52.3. The van der Waals surface area contributed by atoms with Gasteiger partial charge in [0.05, 0.1) is 50.5 Å². The van der Waals surface area contributed by atoms with Crippen molar-refractivity contribution in [3.05, 3.63) is 28.3 Å². The molecule has 0 radical (unpaired) electrons. The van der Waals surface area contributed by atoms with Gasteiger partial charge in [-0.3, -0.25) is 10.1 Å². The van der Waals surface area contributed by atoms with Crippen LogP contribution in [0.5, 0.6) is 69.0 Å². The van der Waals surface area contributed by atoms with Crippen LogP contribution in [0.25, 0.3) is 89.7 Å². The van der Waals surface area contributed by atoms with E-state index < -0.39 is 323 Å². The molecule has 0 amide bonds. The van der Waals surface area contributed by atoms with Crippen LogP contribution < -0.4 is 66.8 Å². The van der Waals surface area contributed by atoms with Crippen molar-refractivity contribution in [2.24, 2.45) is 0 Å². The predicted octanol–water partition coefficient (Wildman–Crippen LogP) is 17.3. The Labute approximate surface area is 624 Å². The van der Waals surface area contributed by atoms with Gasteiger partial charge in [0.1, 0.15) is 0 Å². The van der Waals surface area contributed by atoms with Crippen LogP contribution in [-0.2, 0) is 19.5 Å². The molecule has 3 aromatic heterocycles. The second-order valence-electron chi connectivity index (χ2n) is 22.5. The molecule has 0 saturated heterocycles. The van der Waals surface area contributed by atoms with Gasteiger partial charge in [-0.1, -0.05) is 0 Å². The van der Waals surface area contributed by atoms with E-state index in [-0.39, 0.29) is 25.5 Å². The molecule has 0 spiro atoms. The molecule has 8 bridgehead atoms. The quantitative estimate of drug-likeness (QED) is 0.0223. The van der Waals surface area contributed by atoms with Crippen LogP contribution in [0.3, 0.4) is 0 Å². The summed E-state index contributed by atoms with van der Waals surface area (Å²) in [6.07, 6.45) is -72.3. The SMILES string of the molecule is O=[N+]([O-])c1ccc2c3nc4nc(nc5[n-]c(nc6nc(nc([n-]3)c2c1)-c1c(OCC(F)(F)F)c(OCC(F)(F)F)c(OCC(F)(F)F)c(OCC(F)(F)F)c1-6)c1c(OCC(F)(F)F)c(OCC(F)(F)F)c(OCC(F)(F)F)c(OCC(F)(F)F)c51)-c1c(OCC(F)(F)F)c(OCC(F)(F)F)c(OCC(F)(F)F)c(OCC(F)(F)F)c1-4.[Zn+2]. The number of ether oxygens (including phenoxy) is 12. The fourth-order valence-electron chi connectivity index (χ4n) is 9.66. The summed E-state index contributed by atoms with van der Waals surface area (Å²) in [5.41, 5.74) is -17.4. The zero-order valence-corrected chi connectivity index (χ0v) is 57.7. The maximum Gasteiger partial charge on any atom is 2.00 e. The number of nitrogens with zero attached hydrogens (tertiary/aromatic N) is 9. The molecule has 4 aromatic carbocycles. The van der Waals surface area contributed by atoms with E-state index in [1.165, 1.54) is 0 Å². The number of nitro groups is 1. The number of nitro benzene ring substituents is 1. The molecule has 0 N–H and O–H groups in total. The molecule has 23 nitrogen and oxygen atoms in total. The Hall–Kier alpha value is -10.7. The van der Waals surface area contributed by atoms with Gasteiger partial charge in [-0.25, -0.2) is 9.97 Å². The van der Waals surface area contributed by atoms with E-state index >= 15 is 0 Å². The number of non-ortho nitro benzene ring substituents is 1. The summed E-state index contributed by atoms with van der Waals surface area (Å²) < 4.78 is 576.